The highest BCUT2D eigenvalue weighted by Gasteiger charge is 2.27. The molecule has 1 aliphatic rings. The monoisotopic (exact) mass is 338 g/mol. The molecule has 8 nitrogen and oxygen atoms in total. The number of hydrogen-bond donors (Lipinski definition) is 3. The van der Waals surface area contributed by atoms with Crippen molar-refractivity contribution in [3.8, 4) is 5.75 Å². The van der Waals surface area contributed by atoms with Gasteiger partial charge < -0.3 is 14.6 Å². The van der Waals surface area contributed by atoms with Crippen molar-refractivity contribution < 1.29 is 19.5 Å². The fourth-order valence-electron chi connectivity index (χ4n) is 2.84. The Hall–Kier alpha value is -3.39. The second kappa shape index (κ2) is 5.91. The summed E-state index contributed by atoms with van der Waals surface area (Å²) in [6.07, 6.45) is 3.50. The third-order valence-corrected chi connectivity index (χ3v) is 4.06. The van der Waals surface area contributed by atoms with Crippen LogP contribution in [0, 0.1) is 0 Å². The molecule has 4 rings (SSSR count). The fourth-order valence-corrected chi connectivity index (χ4v) is 2.84. The minimum Gasteiger partial charge on any atom is -0.482 e. The summed E-state index contributed by atoms with van der Waals surface area (Å²) in [5, 5.41) is 9.75. The zero-order valence-electron chi connectivity index (χ0n) is 13.0. The first-order valence-corrected chi connectivity index (χ1v) is 7.59. The van der Waals surface area contributed by atoms with Crippen molar-refractivity contribution in [2.24, 2.45) is 0 Å². The molecule has 0 atom stereocenters. The van der Waals surface area contributed by atoms with Gasteiger partial charge in [-0.05, 0) is 35.9 Å². The number of H-pyrrole nitrogens is 1. The molecule has 0 radical (unpaired) electrons. The van der Waals surface area contributed by atoms with Crippen molar-refractivity contribution in [1.82, 2.24) is 15.4 Å². The molecule has 1 aliphatic heterocycles. The van der Waals surface area contributed by atoms with Crippen LogP contribution in [-0.2, 0) is 11.3 Å². The number of fused-ring (bicyclic) bond motifs is 2. The molecule has 2 amide bonds. The summed E-state index contributed by atoms with van der Waals surface area (Å²) in [6.45, 7) is 0.228. The van der Waals surface area contributed by atoms with Gasteiger partial charge in [0.05, 0.1) is 12.2 Å². The number of anilines is 1. The lowest BCUT2D eigenvalue weighted by molar-refractivity contribution is -0.121. The molecular weight excluding hydrogens is 324 g/mol. The molecule has 3 heterocycles. The Bertz CT molecular complexity index is 982. The van der Waals surface area contributed by atoms with Gasteiger partial charge in [-0.2, -0.15) is 0 Å². The Kier molecular flexibility index (Phi) is 3.58. The summed E-state index contributed by atoms with van der Waals surface area (Å²) in [6, 6.07) is 8.50. The van der Waals surface area contributed by atoms with E-state index in [0.717, 1.165) is 16.6 Å². The topological polar surface area (TPSA) is 108 Å². The molecule has 8 heteroatoms. The maximum Gasteiger partial charge on any atom is 0.274 e. The van der Waals surface area contributed by atoms with E-state index >= 15 is 0 Å². The molecule has 126 valence electrons. The van der Waals surface area contributed by atoms with E-state index in [-0.39, 0.29) is 18.1 Å². The molecular formula is C17H14N4O4. The first kappa shape index (κ1) is 15.2. The molecule has 1 aromatic carbocycles. The molecule has 0 unspecified atom stereocenters. The predicted octanol–water partition coefficient (Wildman–Crippen LogP) is 1.61. The highest BCUT2D eigenvalue weighted by atomic mass is 16.5. The Morgan fingerprint density at radius 2 is 2.24 bits per heavy atom. The van der Waals surface area contributed by atoms with Crippen LogP contribution in [0.25, 0.3) is 11.0 Å². The molecule has 0 saturated heterocycles. The number of amides is 2. The van der Waals surface area contributed by atoms with E-state index < -0.39 is 5.91 Å². The average molecular weight is 338 g/mol. The number of hydroxylamine groups is 1. The smallest absolute Gasteiger partial charge is 0.274 e. The number of pyridine rings is 1. The van der Waals surface area contributed by atoms with Gasteiger partial charge in [0.1, 0.15) is 11.4 Å². The standard InChI is InChI=1S/C17H14N4O4/c22-15-9-25-14-2-1-12(17(23)20-24)6-13(14)21(15)8-10-5-11-3-4-18-16(11)19-7-10/h1-7,24H,8-9H2,(H,18,19)(H,20,23). The van der Waals surface area contributed by atoms with E-state index in [2.05, 4.69) is 9.97 Å². The number of nitrogens with one attached hydrogen (secondary N) is 2. The number of nitrogens with zero attached hydrogens (tertiary/aromatic N) is 2. The van der Waals surface area contributed by atoms with Crippen LogP contribution in [0.2, 0.25) is 0 Å². The van der Waals surface area contributed by atoms with Gasteiger partial charge in [-0.1, -0.05) is 0 Å². The van der Waals surface area contributed by atoms with Crippen LogP contribution in [-0.4, -0.2) is 33.6 Å². The van der Waals surface area contributed by atoms with Crippen LogP contribution in [0.15, 0.2) is 42.7 Å². The third-order valence-electron chi connectivity index (χ3n) is 4.06. The summed E-state index contributed by atoms with van der Waals surface area (Å²) in [5.74, 6) is -0.371. The van der Waals surface area contributed by atoms with Gasteiger partial charge in [-0.3, -0.25) is 14.8 Å². The Morgan fingerprint density at radius 1 is 1.36 bits per heavy atom. The van der Waals surface area contributed by atoms with Crippen molar-refractivity contribution in [2.45, 2.75) is 6.54 Å². The minimum atomic E-state index is -0.656. The Morgan fingerprint density at radius 3 is 3.08 bits per heavy atom. The van der Waals surface area contributed by atoms with Gasteiger partial charge in [-0.25, -0.2) is 10.5 Å². The summed E-state index contributed by atoms with van der Waals surface area (Å²) in [7, 11) is 0. The second-order valence-corrected chi connectivity index (χ2v) is 5.65. The first-order chi connectivity index (χ1) is 12.2. The molecule has 0 bridgehead atoms. The SMILES string of the molecule is O=C(NO)c1ccc2c(c1)N(Cc1cnc3[nH]ccc3c1)C(=O)CO2. The fraction of sp³-hybridized carbons (Fsp3) is 0.118. The highest BCUT2D eigenvalue weighted by molar-refractivity contribution is 6.01. The number of ether oxygens (including phenoxy) is 1. The molecule has 25 heavy (non-hydrogen) atoms. The number of aromatic amines is 1. The molecule has 3 N–H and O–H groups in total. The van der Waals surface area contributed by atoms with Gasteiger partial charge >= 0.3 is 0 Å². The number of carbonyl (C=O) groups excluding carboxylic acids is 2. The maximum atomic E-state index is 12.4. The van der Waals surface area contributed by atoms with Crippen LogP contribution in [0.5, 0.6) is 5.75 Å². The predicted molar refractivity (Wildman–Crippen MR) is 88.5 cm³/mol. The van der Waals surface area contributed by atoms with Gasteiger partial charge in [0.2, 0.25) is 0 Å². The first-order valence-electron chi connectivity index (χ1n) is 7.59. The van der Waals surface area contributed by atoms with Gasteiger partial charge in [0.25, 0.3) is 11.8 Å². The van der Waals surface area contributed by atoms with Crippen LogP contribution in [0.3, 0.4) is 0 Å². The molecule has 0 spiro atoms. The second-order valence-electron chi connectivity index (χ2n) is 5.65. The molecule has 0 saturated carbocycles. The van der Waals surface area contributed by atoms with Crippen molar-refractivity contribution in [2.75, 3.05) is 11.5 Å². The summed E-state index contributed by atoms with van der Waals surface area (Å²) in [4.78, 5) is 32.9. The zero-order chi connectivity index (χ0) is 17.4. The third kappa shape index (κ3) is 2.68. The molecule has 0 aliphatic carbocycles. The van der Waals surface area contributed by atoms with Gasteiger partial charge in [-0.15, -0.1) is 0 Å². The summed E-state index contributed by atoms with van der Waals surface area (Å²) < 4.78 is 5.42. The number of rotatable bonds is 3. The normalized spacial score (nSPS) is 13.5. The van der Waals surface area contributed by atoms with Gasteiger partial charge in [0, 0.05) is 23.3 Å². The highest BCUT2D eigenvalue weighted by Crippen LogP contribution is 2.34. The number of aromatic nitrogens is 2. The van der Waals surface area contributed by atoms with Gasteiger partial charge in [0.15, 0.2) is 6.61 Å². The maximum absolute atomic E-state index is 12.4. The lowest BCUT2D eigenvalue weighted by Gasteiger charge is -2.29. The lowest BCUT2D eigenvalue weighted by atomic mass is 10.1. The van der Waals surface area contributed by atoms with Crippen LogP contribution in [0.4, 0.5) is 5.69 Å². The van der Waals surface area contributed by atoms with E-state index in [4.69, 9.17) is 9.94 Å². The number of benzene rings is 1. The zero-order valence-corrected chi connectivity index (χ0v) is 13.0. The summed E-state index contributed by atoms with van der Waals surface area (Å²) in [5.41, 5.74) is 3.92. The molecule has 0 fully saturated rings. The number of carbonyl (C=O) groups is 2. The largest absolute Gasteiger partial charge is 0.482 e. The average Bonchev–Trinajstić information content (AvgIpc) is 3.11. The van der Waals surface area contributed by atoms with E-state index in [9.17, 15) is 9.59 Å². The van der Waals surface area contributed by atoms with Crippen molar-refractivity contribution in [1.29, 1.82) is 0 Å². The Balaban J connectivity index is 1.71. The van der Waals surface area contributed by atoms with E-state index in [1.54, 1.807) is 28.8 Å². The van der Waals surface area contributed by atoms with Crippen LogP contribution >= 0.6 is 0 Å². The van der Waals surface area contributed by atoms with Crippen LogP contribution in [0.1, 0.15) is 15.9 Å². The quantitative estimate of drug-likeness (QED) is 0.497. The molecule has 2 aromatic heterocycles. The minimum absolute atomic E-state index is 0.0711. The van der Waals surface area contributed by atoms with E-state index in [0.29, 0.717) is 18.0 Å². The van der Waals surface area contributed by atoms with E-state index in [1.807, 2.05) is 12.1 Å². The Labute approximate surface area is 142 Å². The lowest BCUT2D eigenvalue weighted by Crippen LogP contribution is -2.38. The molecule has 3 aromatic rings. The number of hydrogen-bond acceptors (Lipinski definition) is 5. The van der Waals surface area contributed by atoms with Crippen molar-refractivity contribution >= 4 is 28.5 Å². The van der Waals surface area contributed by atoms with E-state index in [1.165, 1.54) is 12.1 Å². The van der Waals surface area contributed by atoms with Crippen LogP contribution < -0.4 is 15.1 Å². The van der Waals surface area contributed by atoms with Crippen molar-refractivity contribution in [3.05, 3.63) is 53.9 Å². The summed E-state index contributed by atoms with van der Waals surface area (Å²) >= 11 is 0. The van der Waals surface area contributed by atoms with Crippen molar-refractivity contribution in [3.63, 3.8) is 0 Å².